The van der Waals surface area contributed by atoms with Crippen LogP contribution in [0.5, 0.6) is 0 Å². The third-order valence-corrected chi connectivity index (χ3v) is 1.26. The second kappa shape index (κ2) is 2.23. The largest absolute Gasteiger partial charge is 0.434 e. The van der Waals surface area contributed by atoms with Gasteiger partial charge in [-0.3, -0.25) is 4.79 Å². The van der Waals surface area contributed by atoms with E-state index < -0.39 is 5.79 Å². The van der Waals surface area contributed by atoms with Crippen LogP contribution in [0.2, 0.25) is 0 Å². The fourth-order valence-electron chi connectivity index (χ4n) is 0.649. The lowest BCUT2D eigenvalue weighted by molar-refractivity contribution is -0.196. The molecule has 0 bridgehead atoms. The monoisotopic (exact) mass is 144 g/mol. The SMILES string of the molecule is CC(C)(O)OC(=O)C1CC1. The third-order valence-electron chi connectivity index (χ3n) is 1.26. The Hall–Kier alpha value is -0.570. The average Bonchev–Trinajstić information content (AvgIpc) is 2.35. The standard InChI is InChI=1S/C7H12O3/c1-7(2,9)10-6(8)5-3-4-5/h5,9H,3-4H2,1-2H3. The van der Waals surface area contributed by atoms with E-state index in [9.17, 15) is 4.79 Å². The zero-order valence-electron chi connectivity index (χ0n) is 6.26. The fraction of sp³-hybridized carbons (Fsp3) is 0.857. The first-order chi connectivity index (χ1) is 4.49. The quantitative estimate of drug-likeness (QED) is 0.457. The van der Waals surface area contributed by atoms with Gasteiger partial charge in [0.15, 0.2) is 0 Å². The Labute approximate surface area is 60.0 Å². The van der Waals surface area contributed by atoms with Crippen molar-refractivity contribution in [2.75, 3.05) is 0 Å². The summed E-state index contributed by atoms with van der Waals surface area (Å²) in [6.07, 6.45) is 1.82. The molecule has 0 radical (unpaired) electrons. The summed E-state index contributed by atoms with van der Waals surface area (Å²) >= 11 is 0. The number of carbonyl (C=O) groups is 1. The van der Waals surface area contributed by atoms with Crippen molar-refractivity contribution in [3.8, 4) is 0 Å². The molecule has 58 valence electrons. The molecular formula is C7H12O3. The van der Waals surface area contributed by atoms with Gasteiger partial charge in [-0.2, -0.15) is 0 Å². The number of ether oxygens (including phenoxy) is 1. The van der Waals surface area contributed by atoms with E-state index >= 15 is 0 Å². The van der Waals surface area contributed by atoms with Gasteiger partial charge in [-0.15, -0.1) is 0 Å². The van der Waals surface area contributed by atoms with Gasteiger partial charge in [0.05, 0.1) is 5.92 Å². The summed E-state index contributed by atoms with van der Waals surface area (Å²) < 4.78 is 4.68. The molecule has 0 amide bonds. The highest BCUT2D eigenvalue weighted by atomic mass is 16.7. The highest BCUT2D eigenvalue weighted by Crippen LogP contribution is 2.31. The van der Waals surface area contributed by atoms with Gasteiger partial charge < -0.3 is 9.84 Å². The number of rotatable bonds is 2. The van der Waals surface area contributed by atoms with Gasteiger partial charge in [0.1, 0.15) is 0 Å². The Morgan fingerprint density at radius 2 is 2.10 bits per heavy atom. The molecule has 1 N–H and O–H groups in total. The maximum Gasteiger partial charge on any atom is 0.311 e. The second-order valence-electron chi connectivity index (χ2n) is 3.14. The number of hydrogen-bond donors (Lipinski definition) is 1. The summed E-state index contributed by atoms with van der Waals surface area (Å²) in [7, 11) is 0. The number of carbonyl (C=O) groups excluding carboxylic acids is 1. The van der Waals surface area contributed by atoms with E-state index in [1.807, 2.05) is 0 Å². The minimum atomic E-state index is -1.31. The Kier molecular flexibility index (Phi) is 1.68. The van der Waals surface area contributed by atoms with Crippen molar-refractivity contribution in [2.24, 2.45) is 5.92 Å². The number of hydrogen-bond acceptors (Lipinski definition) is 3. The van der Waals surface area contributed by atoms with Gasteiger partial charge in [-0.05, 0) is 12.8 Å². The van der Waals surface area contributed by atoms with E-state index in [1.165, 1.54) is 13.8 Å². The summed E-state index contributed by atoms with van der Waals surface area (Å²) in [6.45, 7) is 2.90. The van der Waals surface area contributed by atoms with Crippen LogP contribution >= 0.6 is 0 Å². The third kappa shape index (κ3) is 2.35. The zero-order chi connectivity index (χ0) is 7.78. The molecule has 0 heterocycles. The van der Waals surface area contributed by atoms with E-state index in [-0.39, 0.29) is 11.9 Å². The molecule has 0 spiro atoms. The van der Waals surface area contributed by atoms with Gasteiger partial charge >= 0.3 is 5.97 Å². The summed E-state index contributed by atoms with van der Waals surface area (Å²) in [5.41, 5.74) is 0. The first kappa shape index (κ1) is 7.54. The maximum absolute atomic E-state index is 10.8. The molecule has 0 saturated heterocycles. The van der Waals surface area contributed by atoms with Gasteiger partial charge in [0.25, 0.3) is 0 Å². The Morgan fingerprint density at radius 3 is 2.40 bits per heavy atom. The summed E-state index contributed by atoms with van der Waals surface area (Å²) in [5, 5.41) is 9.02. The molecule has 0 aromatic rings. The van der Waals surface area contributed by atoms with E-state index in [0.717, 1.165) is 12.8 Å². The van der Waals surface area contributed by atoms with E-state index in [4.69, 9.17) is 5.11 Å². The van der Waals surface area contributed by atoms with Crippen LogP contribution < -0.4 is 0 Å². The van der Waals surface area contributed by atoms with Crippen LogP contribution in [-0.4, -0.2) is 16.9 Å². The topological polar surface area (TPSA) is 46.5 Å². The second-order valence-corrected chi connectivity index (χ2v) is 3.14. The molecule has 3 nitrogen and oxygen atoms in total. The van der Waals surface area contributed by atoms with Gasteiger partial charge in [-0.25, -0.2) is 0 Å². The van der Waals surface area contributed by atoms with E-state index in [1.54, 1.807) is 0 Å². The van der Waals surface area contributed by atoms with E-state index in [0.29, 0.717) is 0 Å². The molecule has 0 aromatic carbocycles. The van der Waals surface area contributed by atoms with Crippen molar-refractivity contribution in [1.29, 1.82) is 0 Å². The van der Waals surface area contributed by atoms with Crippen LogP contribution in [0, 0.1) is 5.92 Å². The lowest BCUT2D eigenvalue weighted by Crippen LogP contribution is -2.27. The predicted octanol–water partition coefficient (Wildman–Crippen LogP) is 0.668. The highest BCUT2D eigenvalue weighted by molar-refractivity contribution is 5.75. The van der Waals surface area contributed by atoms with Crippen LogP contribution in [0.25, 0.3) is 0 Å². The molecule has 1 aliphatic carbocycles. The smallest absolute Gasteiger partial charge is 0.311 e. The molecule has 0 aliphatic heterocycles. The van der Waals surface area contributed by atoms with Crippen molar-refractivity contribution < 1.29 is 14.6 Å². The molecule has 1 fully saturated rings. The van der Waals surface area contributed by atoms with Crippen molar-refractivity contribution in [2.45, 2.75) is 32.5 Å². The summed E-state index contributed by atoms with van der Waals surface area (Å²) in [6, 6.07) is 0. The molecule has 0 atom stereocenters. The molecule has 1 rings (SSSR count). The minimum Gasteiger partial charge on any atom is -0.434 e. The maximum atomic E-state index is 10.8. The molecule has 1 aliphatic rings. The molecule has 10 heavy (non-hydrogen) atoms. The highest BCUT2D eigenvalue weighted by Gasteiger charge is 2.34. The first-order valence-corrected chi connectivity index (χ1v) is 3.44. The summed E-state index contributed by atoms with van der Waals surface area (Å²) in [4.78, 5) is 10.8. The average molecular weight is 144 g/mol. The van der Waals surface area contributed by atoms with Crippen molar-refractivity contribution >= 4 is 5.97 Å². The molecule has 0 unspecified atom stereocenters. The lowest BCUT2D eigenvalue weighted by Gasteiger charge is -2.17. The molecular weight excluding hydrogens is 132 g/mol. The van der Waals surface area contributed by atoms with Gasteiger partial charge in [0, 0.05) is 13.8 Å². The Balaban J connectivity index is 2.30. The van der Waals surface area contributed by atoms with Crippen molar-refractivity contribution in [3.05, 3.63) is 0 Å². The molecule has 0 aromatic heterocycles. The Bertz CT molecular complexity index is 141. The predicted molar refractivity (Wildman–Crippen MR) is 35.1 cm³/mol. The van der Waals surface area contributed by atoms with Crippen LogP contribution in [-0.2, 0) is 9.53 Å². The van der Waals surface area contributed by atoms with E-state index in [2.05, 4.69) is 4.74 Å². The van der Waals surface area contributed by atoms with Gasteiger partial charge in [0.2, 0.25) is 5.79 Å². The van der Waals surface area contributed by atoms with Crippen LogP contribution in [0.3, 0.4) is 0 Å². The number of esters is 1. The zero-order valence-corrected chi connectivity index (χ0v) is 6.26. The Morgan fingerprint density at radius 1 is 1.60 bits per heavy atom. The van der Waals surface area contributed by atoms with Crippen molar-refractivity contribution in [3.63, 3.8) is 0 Å². The van der Waals surface area contributed by atoms with Crippen LogP contribution in [0.4, 0.5) is 0 Å². The first-order valence-electron chi connectivity index (χ1n) is 3.44. The van der Waals surface area contributed by atoms with Gasteiger partial charge in [-0.1, -0.05) is 0 Å². The van der Waals surface area contributed by atoms with Crippen molar-refractivity contribution in [1.82, 2.24) is 0 Å². The van der Waals surface area contributed by atoms with Crippen LogP contribution in [0.15, 0.2) is 0 Å². The fourth-order valence-corrected chi connectivity index (χ4v) is 0.649. The van der Waals surface area contributed by atoms with Crippen LogP contribution in [0.1, 0.15) is 26.7 Å². The molecule has 3 heteroatoms. The lowest BCUT2D eigenvalue weighted by atomic mass is 10.3. The normalized spacial score (nSPS) is 18.7. The minimum absolute atomic E-state index is 0.0615. The number of aliphatic hydroxyl groups is 1. The molecule has 1 saturated carbocycles. The summed E-state index contributed by atoms with van der Waals surface area (Å²) in [5.74, 6) is -1.52.